The highest BCUT2D eigenvalue weighted by molar-refractivity contribution is 5.55. The highest BCUT2D eigenvalue weighted by atomic mass is 16.3. The predicted octanol–water partition coefficient (Wildman–Crippen LogP) is 1.10. The van der Waals surface area contributed by atoms with Gasteiger partial charge in [0.2, 0.25) is 0 Å². The summed E-state index contributed by atoms with van der Waals surface area (Å²) in [5, 5.41) is 4.35. The minimum absolute atomic E-state index is 0.373. The smallest absolute Gasteiger partial charge is 0.181 e. The van der Waals surface area contributed by atoms with Crippen molar-refractivity contribution in [1.82, 2.24) is 14.8 Å². The van der Waals surface area contributed by atoms with Crippen LogP contribution in [0.1, 0.15) is 18.3 Å². The number of nitrogens with two attached hydrogens (primary N) is 1. The summed E-state index contributed by atoms with van der Waals surface area (Å²) in [7, 11) is 1.89. The van der Waals surface area contributed by atoms with Gasteiger partial charge < -0.3 is 10.2 Å². The van der Waals surface area contributed by atoms with E-state index in [1.165, 1.54) is 6.39 Å². The van der Waals surface area contributed by atoms with Gasteiger partial charge in [-0.3, -0.25) is 4.68 Å². The normalized spacial score (nSPS) is 10.9. The average molecular weight is 206 g/mol. The van der Waals surface area contributed by atoms with Crippen LogP contribution in [0, 0.1) is 0 Å². The van der Waals surface area contributed by atoms with Gasteiger partial charge in [-0.15, -0.1) is 0 Å². The van der Waals surface area contributed by atoms with E-state index in [-0.39, 0.29) is 0 Å². The second-order valence-electron chi connectivity index (χ2n) is 3.33. The van der Waals surface area contributed by atoms with Crippen molar-refractivity contribution in [2.75, 3.05) is 0 Å². The van der Waals surface area contributed by atoms with Crippen LogP contribution in [0.25, 0.3) is 11.5 Å². The van der Waals surface area contributed by atoms with Gasteiger partial charge in [0.15, 0.2) is 12.2 Å². The summed E-state index contributed by atoms with van der Waals surface area (Å²) < 4.78 is 7.12. The molecule has 0 amide bonds. The van der Waals surface area contributed by atoms with Crippen molar-refractivity contribution in [2.45, 2.75) is 19.9 Å². The maximum Gasteiger partial charge on any atom is 0.181 e. The molecule has 0 unspecified atom stereocenters. The lowest BCUT2D eigenvalue weighted by Crippen LogP contribution is -2.00. The topological polar surface area (TPSA) is 69.9 Å². The van der Waals surface area contributed by atoms with Crippen LogP contribution in [-0.2, 0) is 20.0 Å². The Kier molecular flexibility index (Phi) is 2.55. The van der Waals surface area contributed by atoms with E-state index in [9.17, 15) is 0 Å². The first-order chi connectivity index (χ1) is 7.26. The fourth-order valence-electron chi connectivity index (χ4n) is 1.53. The van der Waals surface area contributed by atoms with E-state index in [0.29, 0.717) is 12.3 Å². The molecular formula is C10H14N4O. The van der Waals surface area contributed by atoms with Crippen molar-refractivity contribution in [3.05, 3.63) is 23.8 Å². The molecule has 0 atom stereocenters. The van der Waals surface area contributed by atoms with Crippen LogP contribution in [0.2, 0.25) is 0 Å². The predicted molar refractivity (Wildman–Crippen MR) is 56.0 cm³/mol. The highest BCUT2D eigenvalue weighted by Crippen LogP contribution is 2.23. The molecule has 5 nitrogen and oxygen atoms in total. The van der Waals surface area contributed by atoms with Crippen LogP contribution >= 0.6 is 0 Å². The monoisotopic (exact) mass is 206 g/mol. The van der Waals surface area contributed by atoms with E-state index in [2.05, 4.69) is 17.0 Å². The Labute approximate surface area is 87.9 Å². The maximum atomic E-state index is 5.57. The summed E-state index contributed by atoms with van der Waals surface area (Å²) in [6, 6.07) is 2.00. The molecule has 0 aliphatic carbocycles. The van der Waals surface area contributed by atoms with Crippen LogP contribution in [0.15, 0.2) is 16.9 Å². The van der Waals surface area contributed by atoms with E-state index in [1.807, 2.05) is 13.1 Å². The third-order valence-corrected chi connectivity index (χ3v) is 2.36. The van der Waals surface area contributed by atoms with Crippen LogP contribution < -0.4 is 5.73 Å². The molecule has 2 N–H and O–H groups in total. The third kappa shape index (κ3) is 1.66. The molecule has 5 heteroatoms. The summed E-state index contributed by atoms with van der Waals surface area (Å²) in [5.41, 5.74) is 8.29. The molecule has 2 rings (SSSR count). The minimum atomic E-state index is 0.373. The standard InChI is InChI=1S/C10H14N4O/c1-3-7-4-9(14(2)13-7)10-8(5-11)12-6-15-10/h4,6H,3,5,11H2,1-2H3. The Morgan fingerprint density at radius 2 is 2.33 bits per heavy atom. The van der Waals surface area contributed by atoms with E-state index < -0.39 is 0 Å². The first kappa shape index (κ1) is 9.92. The van der Waals surface area contributed by atoms with Gasteiger partial charge in [0.25, 0.3) is 0 Å². The molecule has 0 saturated heterocycles. The van der Waals surface area contributed by atoms with Crippen molar-refractivity contribution < 1.29 is 4.42 Å². The third-order valence-electron chi connectivity index (χ3n) is 2.36. The van der Waals surface area contributed by atoms with Gasteiger partial charge in [0, 0.05) is 13.6 Å². The summed E-state index contributed by atoms with van der Waals surface area (Å²) in [4.78, 5) is 4.05. The fraction of sp³-hybridized carbons (Fsp3) is 0.400. The molecule has 2 heterocycles. The van der Waals surface area contributed by atoms with Gasteiger partial charge in [-0.1, -0.05) is 6.92 Å². The number of oxazole rings is 1. The zero-order valence-corrected chi connectivity index (χ0v) is 8.90. The Balaban J connectivity index is 2.48. The number of hydrogen-bond acceptors (Lipinski definition) is 4. The first-order valence-electron chi connectivity index (χ1n) is 4.92. The van der Waals surface area contributed by atoms with Crippen molar-refractivity contribution in [3.8, 4) is 11.5 Å². The maximum absolute atomic E-state index is 5.57. The Morgan fingerprint density at radius 3 is 2.93 bits per heavy atom. The SMILES string of the molecule is CCc1cc(-c2ocnc2CN)n(C)n1. The molecule has 15 heavy (non-hydrogen) atoms. The quantitative estimate of drug-likeness (QED) is 0.816. The molecule has 2 aromatic rings. The summed E-state index contributed by atoms with van der Waals surface area (Å²) in [6.07, 6.45) is 2.32. The lowest BCUT2D eigenvalue weighted by Gasteiger charge is -1.98. The van der Waals surface area contributed by atoms with Crippen molar-refractivity contribution >= 4 is 0 Å². The molecule has 0 spiro atoms. The molecule has 0 aliphatic heterocycles. The lowest BCUT2D eigenvalue weighted by atomic mass is 10.2. The Bertz CT molecular complexity index is 458. The molecular weight excluding hydrogens is 192 g/mol. The number of rotatable bonds is 3. The fourth-order valence-corrected chi connectivity index (χ4v) is 1.53. The van der Waals surface area contributed by atoms with E-state index in [1.54, 1.807) is 4.68 Å². The zero-order valence-electron chi connectivity index (χ0n) is 8.90. The van der Waals surface area contributed by atoms with Crippen LogP contribution in [0.4, 0.5) is 0 Å². The second-order valence-corrected chi connectivity index (χ2v) is 3.33. The molecule has 0 aromatic carbocycles. The van der Waals surface area contributed by atoms with Crippen LogP contribution in [0.3, 0.4) is 0 Å². The van der Waals surface area contributed by atoms with Crippen LogP contribution in [0.5, 0.6) is 0 Å². The zero-order chi connectivity index (χ0) is 10.8. The molecule has 0 radical (unpaired) electrons. The summed E-state index contributed by atoms with van der Waals surface area (Å²) in [5.74, 6) is 0.715. The number of nitrogens with zero attached hydrogens (tertiary/aromatic N) is 3. The van der Waals surface area contributed by atoms with E-state index in [0.717, 1.165) is 23.5 Å². The lowest BCUT2D eigenvalue weighted by molar-refractivity contribution is 0.562. The van der Waals surface area contributed by atoms with Gasteiger partial charge in [-0.2, -0.15) is 5.10 Å². The minimum Gasteiger partial charge on any atom is -0.442 e. The van der Waals surface area contributed by atoms with E-state index >= 15 is 0 Å². The summed E-state index contributed by atoms with van der Waals surface area (Å²) >= 11 is 0. The molecule has 0 bridgehead atoms. The average Bonchev–Trinajstić information content (AvgIpc) is 2.82. The molecule has 0 aliphatic rings. The van der Waals surface area contributed by atoms with Gasteiger partial charge in [-0.25, -0.2) is 4.98 Å². The van der Waals surface area contributed by atoms with E-state index in [4.69, 9.17) is 10.2 Å². The number of aromatic nitrogens is 3. The Hall–Kier alpha value is -1.62. The van der Waals surface area contributed by atoms with Gasteiger partial charge >= 0.3 is 0 Å². The Morgan fingerprint density at radius 1 is 1.53 bits per heavy atom. The van der Waals surface area contributed by atoms with Crippen molar-refractivity contribution in [2.24, 2.45) is 12.8 Å². The van der Waals surface area contributed by atoms with Crippen molar-refractivity contribution in [1.29, 1.82) is 0 Å². The van der Waals surface area contributed by atoms with Gasteiger partial charge in [-0.05, 0) is 12.5 Å². The van der Waals surface area contributed by atoms with Gasteiger partial charge in [0.1, 0.15) is 11.4 Å². The molecule has 2 aromatic heterocycles. The number of aryl methyl sites for hydroxylation is 2. The molecule has 80 valence electrons. The van der Waals surface area contributed by atoms with Gasteiger partial charge in [0.05, 0.1) is 5.69 Å². The van der Waals surface area contributed by atoms with Crippen LogP contribution in [-0.4, -0.2) is 14.8 Å². The summed E-state index contributed by atoms with van der Waals surface area (Å²) in [6.45, 7) is 2.44. The van der Waals surface area contributed by atoms with Crippen molar-refractivity contribution in [3.63, 3.8) is 0 Å². The molecule has 0 saturated carbocycles. The first-order valence-corrected chi connectivity index (χ1v) is 4.92. The number of hydrogen-bond donors (Lipinski definition) is 1. The highest BCUT2D eigenvalue weighted by Gasteiger charge is 2.14. The largest absolute Gasteiger partial charge is 0.442 e. The molecule has 0 fully saturated rings. The second kappa shape index (κ2) is 3.86.